The zero-order valence-corrected chi connectivity index (χ0v) is 11.4. The number of aromatic nitrogens is 4. The van der Waals surface area contributed by atoms with Gasteiger partial charge in [-0.3, -0.25) is 0 Å². The van der Waals surface area contributed by atoms with E-state index in [0.717, 1.165) is 0 Å². The second-order valence-corrected chi connectivity index (χ2v) is 4.27. The number of hydrogen-bond donors (Lipinski definition) is 2. The van der Waals surface area contributed by atoms with E-state index in [1.807, 2.05) is 0 Å². The van der Waals surface area contributed by atoms with Crippen LogP contribution in [0.15, 0.2) is 48.5 Å². The molecule has 0 aliphatic heterocycles. The van der Waals surface area contributed by atoms with Crippen LogP contribution in [-0.2, 0) is 0 Å². The van der Waals surface area contributed by atoms with Crippen LogP contribution in [0.25, 0.3) is 0 Å². The van der Waals surface area contributed by atoms with Crippen molar-refractivity contribution in [2.75, 3.05) is 11.5 Å². The van der Waals surface area contributed by atoms with Crippen molar-refractivity contribution in [3.05, 3.63) is 48.5 Å². The zero-order valence-electron chi connectivity index (χ0n) is 11.4. The quantitative estimate of drug-likeness (QED) is 0.749. The minimum Gasteiger partial charge on any atom is -0.438 e. The summed E-state index contributed by atoms with van der Waals surface area (Å²) in [6.07, 6.45) is 0. The molecule has 0 unspecified atom stereocenters. The molecule has 4 N–H and O–H groups in total. The molecule has 3 aromatic rings. The summed E-state index contributed by atoms with van der Waals surface area (Å²) >= 11 is 0. The van der Waals surface area contributed by atoms with Crippen LogP contribution < -0.4 is 20.9 Å². The van der Waals surface area contributed by atoms with Gasteiger partial charge in [-0.25, -0.2) is 0 Å². The Kier molecular flexibility index (Phi) is 3.65. The molecule has 0 spiro atoms. The van der Waals surface area contributed by atoms with Crippen LogP contribution in [0.3, 0.4) is 0 Å². The monoisotopic (exact) mass is 296 g/mol. The van der Waals surface area contributed by atoms with Crippen LogP contribution in [0.2, 0.25) is 0 Å². The molecule has 0 saturated heterocycles. The van der Waals surface area contributed by atoms with Gasteiger partial charge in [0.15, 0.2) is 0 Å². The fraction of sp³-hybridized carbons (Fsp3) is 0. The van der Waals surface area contributed by atoms with Crippen LogP contribution in [0.5, 0.6) is 23.3 Å². The highest BCUT2D eigenvalue weighted by Gasteiger charge is 2.02. The number of anilines is 2. The van der Waals surface area contributed by atoms with E-state index in [2.05, 4.69) is 20.4 Å². The summed E-state index contributed by atoms with van der Waals surface area (Å²) in [5.74, 6) is 2.56. The number of benzene rings is 1. The molecule has 8 heteroatoms. The number of nitrogen functional groups attached to an aromatic ring is 2. The van der Waals surface area contributed by atoms with Gasteiger partial charge in [-0.15, -0.1) is 20.4 Å². The molecule has 0 aliphatic rings. The molecule has 0 bridgehead atoms. The molecule has 0 radical (unpaired) electrons. The van der Waals surface area contributed by atoms with Crippen LogP contribution in [0, 0.1) is 0 Å². The van der Waals surface area contributed by atoms with E-state index >= 15 is 0 Å². The SMILES string of the molecule is Nc1ccc(Oc2ccc(Oc3ccc(N)nn3)cc2)nn1. The molecular formula is C14H12N6O2. The van der Waals surface area contributed by atoms with Crippen molar-refractivity contribution < 1.29 is 9.47 Å². The van der Waals surface area contributed by atoms with Gasteiger partial charge in [-0.2, -0.15) is 0 Å². The number of nitrogens with zero attached hydrogens (tertiary/aromatic N) is 4. The number of rotatable bonds is 4. The first-order valence-electron chi connectivity index (χ1n) is 6.33. The van der Waals surface area contributed by atoms with E-state index < -0.39 is 0 Å². The third-order valence-corrected chi connectivity index (χ3v) is 2.59. The number of hydrogen-bond acceptors (Lipinski definition) is 8. The highest BCUT2D eigenvalue weighted by atomic mass is 16.5. The standard InChI is InChI=1S/C14H12N6O2/c15-11-5-7-13(19-17-11)21-9-1-2-10(4-3-9)22-14-8-6-12(16)18-20-14/h1-8H,(H2,15,17)(H2,16,18). The topological polar surface area (TPSA) is 122 Å². The summed E-state index contributed by atoms with van der Waals surface area (Å²) in [4.78, 5) is 0. The molecule has 0 fully saturated rings. The third-order valence-electron chi connectivity index (χ3n) is 2.59. The molecule has 0 saturated carbocycles. The van der Waals surface area contributed by atoms with Crippen molar-refractivity contribution >= 4 is 11.6 Å². The Morgan fingerprint density at radius 1 is 0.545 bits per heavy atom. The van der Waals surface area contributed by atoms with Crippen LogP contribution in [0.1, 0.15) is 0 Å². The van der Waals surface area contributed by atoms with Crippen LogP contribution >= 0.6 is 0 Å². The van der Waals surface area contributed by atoms with E-state index in [0.29, 0.717) is 34.9 Å². The minimum atomic E-state index is 0.334. The predicted molar refractivity (Wildman–Crippen MR) is 79.5 cm³/mol. The molecule has 1 aromatic carbocycles. The maximum absolute atomic E-state index is 5.53. The third kappa shape index (κ3) is 3.37. The molecule has 0 aliphatic carbocycles. The average Bonchev–Trinajstić information content (AvgIpc) is 2.54. The summed E-state index contributed by atoms with van der Waals surface area (Å²) in [7, 11) is 0. The molecule has 3 rings (SSSR count). The van der Waals surface area contributed by atoms with Gasteiger partial charge < -0.3 is 20.9 Å². The fourth-order valence-corrected chi connectivity index (χ4v) is 1.59. The molecule has 0 amide bonds. The van der Waals surface area contributed by atoms with Gasteiger partial charge in [0.05, 0.1) is 0 Å². The van der Waals surface area contributed by atoms with Gasteiger partial charge in [0.25, 0.3) is 0 Å². The maximum atomic E-state index is 5.53. The molecule has 0 atom stereocenters. The molecular weight excluding hydrogens is 284 g/mol. The first kappa shape index (κ1) is 13.6. The molecule has 2 heterocycles. The largest absolute Gasteiger partial charge is 0.438 e. The Morgan fingerprint density at radius 2 is 0.955 bits per heavy atom. The van der Waals surface area contributed by atoms with Crippen molar-refractivity contribution in [2.24, 2.45) is 0 Å². The van der Waals surface area contributed by atoms with Crippen molar-refractivity contribution in [3.8, 4) is 23.3 Å². The highest BCUT2D eigenvalue weighted by molar-refractivity contribution is 5.36. The van der Waals surface area contributed by atoms with E-state index in [-0.39, 0.29) is 0 Å². The zero-order chi connectivity index (χ0) is 15.4. The van der Waals surface area contributed by atoms with Gasteiger partial charge in [0, 0.05) is 12.1 Å². The lowest BCUT2D eigenvalue weighted by Crippen LogP contribution is -1.95. The first-order valence-corrected chi connectivity index (χ1v) is 6.33. The maximum Gasteiger partial charge on any atom is 0.238 e. The highest BCUT2D eigenvalue weighted by Crippen LogP contribution is 2.24. The minimum absolute atomic E-state index is 0.334. The fourth-order valence-electron chi connectivity index (χ4n) is 1.59. The molecule has 22 heavy (non-hydrogen) atoms. The van der Waals surface area contributed by atoms with Crippen molar-refractivity contribution in [1.29, 1.82) is 0 Å². The average molecular weight is 296 g/mol. The van der Waals surface area contributed by atoms with Crippen LogP contribution in [-0.4, -0.2) is 20.4 Å². The summed E-state index contributed by atoms with van der Waals surface area (Å²) in [5.41, 5.74) is 10.9. The Balaban J connectivity index is 1.67. The Labute approximate surface area is 125 Å². The normalized spacial score (nSPS) is 10.2. The summed E-state index contributed by atoms with van der Waals surface area (Å²) < 4.78 is 11.1. The predicted octanol–water partition coefficient (Wildman–Crippen LogP) is 2.02. The van der Waals surface area contributed by atoms with Gasteiger partial charge >= 0.3 is 0 Å². The van der Waals surface area contributed by atoms with Gasteiger partial charge in [0.1, 0.15) is 23.1 Å². The lowest BCUT2D eigenvalue weighted by atomic mass is 10.3. The Bertz CT molecular complexity index is 677. The van der Waals surface area contributed by atoms with Crippen molar-refractivity contribution in [2.45, 2.75) is 0 Å². The van der Waals surface area contributed by atoms with Gasteiger partial charge in [0.2, 0.25) is 11.8 Å². The molecule has 110 valence electrons. The lowest BCUT2D eigenvalue weighted by molar-refractivity contribution is 0.443. The van der Waals surface area contributed by atoms with Crippen molar-refractivity contribution in [3.63, 3.8) is 0 Å². The van der Waals surface area contributed by atoms with Gasteiger partial charge in [-0.1, -0.05) is 0 Å². The smallest absolute Gasteiger partial charge is 0.238 e. The van der Waals surface area contributed by atoms with E-state index in [9.17, 15) is 0 Å². The van der Waals surface area contributed by atoms with E-state index in [1.165, 1.54) is 0 Å². The number of nitrogens with two attached hydrogens (primary N) is 2. The summed E-state index contributed by atoms with van der Waals surface area (Å²) in [6, 6.07) is 13.4. The second-order valence-electron chi connectivity index (χ2n) is 4.27. The number of ether oxygens (including phenoxy) is 2. The first-order chi connectivity index (χ1) is 10.7. The summed E-state index contributed by atoms with van der Waals surface area (Å²) in [6.45, 7) is 0. The summed E-state index contributed by atoms with van der Waals surface area (Å²) in [5, 5.41) is 15.0. The Hall–Kier alpha value is -3.42. The lowest BCUT2D eigenvalue weighted by Gasteiger charge is -2.06. The van der Waals surface area contributed by atoms with E-state index in [4.69, 9.17) is 20.9 Å². The van der Waals surface area contributed by atoms with Gasteiger partial charge in [-0.05, 0) is 36.4 Å². The second kappa shape index (κ2) is 5.92. The Morgan fingerprint density at radius 3 is 1.27 bits per heavy atom. The van der Waals surface area contributed by atoms with Crippen molar-refractivity contribution in [1.82, 2.24) is 20.4 Å². The molecule has 2 aromatic heterocycles. The molecule has 8 nitrogen and oxygen atoms in total. The van der Waals surface area contributed by atoms with E-state index in [1.54, 1.807) is 48.5 Å². The van der Waals surface area contributed by atoms with Crippen LogP contribution in [0.4, 0.5) is 11.6 Å².